The van der Waals surface area contributed by atoms with Gasteiger partial charge in [-0.15, -0.1) is 0 Å². The Labute approximate surface area is 149 Å². The first-order valence-electron chi connectivity index (χ1n) is 8.10. The molecule has 0 aliphatic carbocycles. The molecule has 1 N–H and O–H groups in total. The Kier molecular flexibility index (Phi) is 5.06. The molecule has 0 saturated carbocycles. The average molecular weight is 357 g/mol. The van der Waals surface area contributed by atoms with Crippen molar-refractivity contribution in [3.05, 3.63) is 66.0 Å². The topological polar surface area (TPSA) is 64.1 Å². The van der Waals surface area contributed by atoms with Crippen LogP contribution in [0.3, 0.4) is 0 Å². The molecule has 0 spiro atoms. The van der Waals surface area contributed by atoms with E-state index in [0.717, 1.165) is 0 Å². The minimum Gasteiger partial charge on any atom is -0.462 e. The maximum absolute atomic E-state index is 14.5. The van der Waals surface area contributed by atoms with E-state index in [1.54, 1.807) is 25.1 Å². The number of carbonyl (C=O) groups excluding carboxylic acids is 1. The molecular formula is C19H17F2N3O2. The van der Waals surface area contributed by atoms with Gasteiger partial charge in [0.25, 0.3) is 5.92 Å². The number of para-hydroxylation sites is 1. The summed E-state index contributed by atoms with van der Waals surface area (Å²) >= 11 is 0. The Bertz CT molecular complexity index is 909. The zero-order valence-electron chi connectivity index (χ0n) is 14.1. The number of nitrogens with one attached hydrogen (secondary N) is 1. The van der Waals surface area contributed by atoms with Gasteiger partial charge in [-0.2, -0.15) is 8.78 Å². The van der Waals surface area contributed by atoms with E-state index in [4.69, 9.17) is 4.74 Å². The first kappa shape index (κ1) is 17.7. The number of carbonyl (C=O) groups is 1. The number of nitrogens with zero attached hydrogens (tertiary/aromatic N) is 2. The molecular weight excluding hydrogens is 340 g/mol. The molecule has 0 radical (unpaired) electrons. The summed E-state index contributed by atoms with van der Waals surface area (Å²) in [4.78, 5) is 19.8. The molecule has 0 amide bonds. The van der Waals surface area contributed by atoms with Crippen molar-refractivity contribution in [2.45, 2.75) is 12.8 Å². The van der Waals surface area contributed by atoms with Crippen LogP contribution in [0.4, 0.5) is 14.6 Å². The summed E-state index contributed by atoms with van der Waals surface area (Å²) < 4.78 is 33.8. The molecule has 26 heavy (non-hydrogen) atoms. The van der Waals surface area contributed by atoms with Crippen molar-refractivity contribution in [3.63, 3.8) is 0 Å². The molecule has 0 aliphatic rings. The van der Waals surface area contributed by atoms with Crippen LogP contribution in [0.5, 0.6) is 0 Å². The van der Waals surface area contributed by atoms with E-state index in [1.165, 1.54) is 30.6 Å². The number of hydrogen-bond donors (Lipinski definition) is 1. The third kappa shape index (κ3) is 3.77. The molecule has 1 heterocycles. The van der Waals surface area contributed by atoms with Crippen molar-refractivity contribution in [2.24, 2.45) is 0 Å². The van der Waals surface area contributed by atoms with Gasteiger partial charge in [0.2, 0.25) is 0 Å². The fourth-order valence-electron chi connectivity index (χ4n) is 2.51. The van der Waals surface area contributed by atoms with Gasteiger partial charge >= 0.3 is 5.97 Å². The fraction of sp³-hybridized carbons (Fsp3) is 0.211. The number of halogens is 2. The molecule has 7 heteroatoms. The first-order valence-corrected chi connectivity index (χ1v) is 8.10. The van der Waals surface area contributed by atoms with Gasteiger partial charge in [0.05, 0.1) is 24.2 Å². The number of hydrogen-bond acceptors (Lipinski definition) is 5. The minimum absolute atomic E-state index is 0.198. The lowest BCUT2D eigenvalue weighted by molar-refractivity contribution is 0.0105. The Balaban J connectivity index is 1.75. The largest absolute Gasteiger partial charge is 0.462 e. The van der Waals surface area contributed by atoms with Crippen LogP contribution in [0.2, 0.25) is 0 Å². The molecule has 0 saturated heterocycles. The summed E-state index contributed by atoms with van der Waals surface area (Å²) in [5.74, 6) is -3.33. The summed E-state index contributed by atoms with van der Waals surface area (Å²) in [7, 11) is 0. The van der Waals surface area contributed by atoms with Crippen molar-refractivity contribution < 1.29 is 18.3 Å². The zero-order chi connectivity index (χ0) is 18.6. The van der Waals surface area contributed by atoms with Gasteiger partial charge in [-0.05, 0) is 31.2 Å². The molecule has 3 aromatic rings. The molecule has 0 bridgehead atoms. The van der Waals surface area contributed by atoms with Crippen LogP contribution in [0.25, 0.3) is 10.9 Å². The van der Waals surface area contributed by atoms with Crippen LogP contribution in [-0.2, 0) is 10.7 Å². The Morgan fingerprint density at radius 2 is 1.85 bits per heavy atom. The minimum atomic E-state index is -3.14. The molecule has 5 nitrogen and oxygen atoms in total. The van der Waals surface area contributed by atoms with Crippen molar-refractivity contribution in [2.75, 3.05) is 18.5 Å². The standard InChI is InChI=1S/C19H17F2N3O2/c1-2-26-18(25)13-7-9-14(10-8-13)19(20,21)11-22-17-15-5-3-4-6-16(15)23-12-24-17/h3-10,12H,2,11H2,1H3,(H,22,23,24). The predicted molar refractivity (Wildman–Crippen MR) is 94.3 cm³/mol. The van der Waals surface area contributed by atoms with Crippen molar-refractivity contribution in [1.82, 2.24) is 9.97 Å². The van der Waals surface area contributed by atoms with E-state index in [0.29, 0.717) is 16.7 Å². The SMILES string of the molecule is CCOC(=O)c1ccc(C(F)(F)CNc2ncnc3ccccc23)cc1. The summed E-state index contributed by atoms with van der Waals surface area (Å²) in [6, 6.07) is 12.3. The molecule has 1 aromatic heterocycles. The van der Waals surface area contributed by atoms with Crippen LogP contribution >= 0.6 is 0 Å². The summed E-state index contributed by atoms with van der Waals surface area (Å²) in [6.07, 6.45) is 1.33. The molecule has 134 valence electrons. The van der Waals surface area contributed by atoms with E-state index in [-0.39, 0.29) is 17.7 Å². The number of aromatic nitrogens is 2. The summed E-state index contributed by atoms with van der Waals surface area (Å²) in [5, 5.41) is 3.36. The molecule has 0 unspecified atom stereocenters. The van der Waals surface area contributed by atoms with Crippen LogP contribution in [-0.4, -0.2) is 29.1 Å². The monoisotopic (exact) mass is 357 g/mol. The number of fused-ring (bicyclic) bond motifs is 1. The van der Waals surface area contributed by atoms with Gasteiger partial charge in [0.1, 0.15) is 12.1 Å². The zero-order valence-corrected chi connectivity index (χ0v) is 14.1. The lowest BCUT2D eigenvalue weighted by Gasteiger charge is -2.18. The number of benzene rings is 2. The van der Waals surface area contributed by atoms with E-state index < -0.39 is 18.4 Å². The highest BCUT2D eigenvalue weighted by Gasteiger charge is 2.31. The van der Waals surface area contributed by atoms with Gasteiger partial charge in [-0.3, -0.25) is 0 Å². The number of alkyl halides is 2. The second-order valence-electron chi connectivity index (χ2n) is 5.60. The Morgan fingerprint density at radius 3 is 2.58 bits per heavy atom. The highest BCUT2D eigenvalue weighted by Crippen LogP contribution is 2.29. The quantitative estimate of drug-likeness (QED) is 0.675. The second kappa shape index (κ2) is 7.43. The number of anilines is 1. The third-order valence-electron chi connectivity index (χ3n) is 3.84. The van der Waals surface area contributed by atoms with Crippen LogP contribution in [0.1, 0.15) is 22.8 Å². The normalized spacial score (nSPS) is 11.3. The molecule has 0 aliphatic heterocycles. The highest BCUT2D eigenvalue weighted by atomic mass is 19.3. The molecule has 0 fully saturated rings. The van der Waals surface area contributed by atoms with Gasteiger partial charge in [0, 0.05) is 10.9 Å². The van der Waals surface area contributed by atoms with Crippen molar-refractivity contribution >= 4 is 22.7 Å². The highest BCUT2D eigenvalue weighted by molar-refractivity contribution is 5.89. The maximum Gasteiger partial charge on any atom is 0.338 e. The van der Waals surface area contributed by atoms with Gasteiger partial charge in [-0.25, -0.2) is 14.8 Å². The van der Waals surface area contributed by atoms with E-state index >= 15 is 0 Å². The average Bonchev–Trinajstić information content (AvgIpc) is 2.66. The Morgan fingerprint density at radius 1 is 1.12 bits per heavy atom. The fourth-order valence-corrected chi connectivity index (χ4v) is 2.51. The van der Waals surface area contributed by atoms with E-state index in [2.05, 4.69) is 15.3 Å². The number of ether oxygens (including phenoxy) is 1. The van der Waals surface area contributed by atoms with Crippen LogP contribution in [0.15, 0.2) is 54.9 Å². The van der Waals surface area contributed by atoms with Crippen LogP contribution in [0, 0.1) is 0 Å². The second-order valence-corrected chi connectivity index (χ2v) is 5.60. The smallest absolute Gasteiger partial charge is 0.338 e. The molecule has 3 rings (SSSR count). The maximum atomic E-state index is 14.5. The van der Waals surface area contributed by atoms with Gasteiger partial charge in [-0.1, -0.05) is 24.3 Å². The first-order chi connectivity index (χ1) is 12.5. The predicted octanol–water partition coefficient (Wildman–Crippen LogP) is 4.01. The lowest BCUT2D eigenvalue weighted by Crippen LogP contribution is -2.25. The summed E-state index contributed by atoms with van der Waals surface area (Å²) in [6.45, 7) is 1.28. The van der Waals surface area contributed by atoms with Gasteiger partial charge < -0.3 is 10.1 Å². The van der Waals surface area contributed by atoms with E-state index in [9.17, 15) is 13.6 Å². The van der Waals surface area contributed by atoms with Gasteiger partial charge in [0.15, 0.2) is 0 Å². The van der Waals surface area contributed by atoms with E-state index in [1.807, 2.05) is 6.07 Å². The Hall–Kier alpha value is -3.09. The lowest BCUT2D eigenvalue weighted by atomic mass is 10.1. The van der Waals surface area contributed by atoms with Crippen molar-refractivity contribution in [1.29, 1.82) is 0 Å². The third-order valence-corrected chi connectivity index (χ3v) is 3.84. The van der Waals surface area contributed by atoms with Crippen molar-refractivity contribution in [3.8, 4) is 0 Å². The molecule has 0 atom stereocenters. The molecule has 2 aromatic carbocycles. The number of rotatable bonds is 6. The van der Waals surface area contributed by atoms with Crippen LogP contribution < -0.4 is 5.32 Å². The number of esters is 1. The summed E-state index contributed by atoms with van der Waals surface area (Å²) in [5.41, 5.74) is 0.713.